The Morgan fingerprint density at radius 1 is 1.03 bits per heavy atom. The Morgan fingerprint density at radius 2 is 1.86 bits per heavy atom. The van der Waals surface area contributed by atoms with Gasteiger partial charge in [-0.15, -0.1) is 0 Å². The molecule has 0 bridgehead atoms. The number of fused-ring (bicyclic) bond motifs is 3. The smallest absolute Gasteiger partial charge is 0.237 e. The second-order valence-corrected chi connectivity index (χ2v) is 10.1. The van der Waals surface area contributed by atoms with Crippen molar-refractivity contribution in [3.63, 3.8) is 0 Å². The van der Waals surface area contributed by atoms with Crippen molar-refractivity contribution in [2.75, 3.05) is 23.7 Å². The van der Waals surface area contributed by atoms with E-state index < -0.39 is 5.41 Å². The molecule has 2 aliphatic heterocycles. The van der Waals surface area contributed by atoms with Gasteiger partial charge in [0.25, 0.3) is 0 Å². The fraction of sp³-hybridized carbons (Fsp3) is 0.345. The van der Waals surface area contributed by atoms with Crippen LogP contribution in [-0.2, 0) is 40.8 Å². The predicted molar refractivity (Wildman–Crippen MR) is 136 cm³/mol. The van der Waals surface area contributed by atoms with E-state index in [1.165, 1.54) is 30.6 Å². The first kappa shape index (κ1) is 22.0. The van der Waals surface area contributed by atoms with Gasteiger partial charge in [0.15, 0.2) is 0 Å². The molecule has 1 aromatic heterocycles. The van der Waals surface area contributed by atoms with Crippen LogP contribution in [0.5, 0.6) is 0 Å². The summed E-state index contributed by atoms with van der Waals surface area (Å²) in [6.07, 6.45) is 6.51. The van der Waals surface area contributed by atoms with Crippen LogP contribution in [-0.4, -0.2) is 34.8 Å². The quantitative estimate of drug-likeness (QED) is 0.546. The molecule has 2 N–H and O–H groups in total. The third-order valence-corrected chi connectivity index (χ3v) is 7.78. The highest BCUT2D eigenvalue weighted by atomic mass is 16.2. The number of likely N-dealkylation sites (tertiary alicyclic amines) is 1. The molecule has 1 saturated heterocycles. The Balaban J connectivity index is 1.07. The van der Waals surface area contributed by atoms with Crippen LogP contribution >= 0.6 is 0 Å². The number of aromatic nitrogens is 1. The average molecular weight is 467 g/mol. The normalized spacial score (nSPS) is 20.3. The van der Waals surface area contributed by atoms with Crippen molar-refractivity contribution in [1.82, 2.24) is 9.88 Å². The molecule has 35 heavy (non-hydrogen) atoms. The zero-order valence-corrected chi connectivity index (χ0v) is 19.8. The van der Waals surface area contributed by atoms with Gasteiger partial charge in [-0.05, 0) is 85.6 Å². The highest BCUT2D eigenvalue weighted by Gasteiger charge is 2.51. The van der Waals surface area contributed by atoms with Gasteiger partial charge in [0.1, 0.15) is 5.82 Å². The number of carbonyl (C=O) groups excluding carboxylic acids is 2. The van der Waals surface area contributed by atoms with Crippen LogP contribution in [0.1, 0.15) is 47.1 Å². The summed E-state index contributed by atoms with van der Waals surface area (Å²) in [6, 6.07) is 18.5. The highest BCUT2D eigenvalue weighted by Crippen LogP contribution is 2.46. The van der Waals surface area contributed by atoms with Gasteiger partial charge >= 0.3 is 0 Å². The maximum absolute atomic E-state index is 12.9. The zero-order valence-electron chi connectivity index (χ0n) is 19.8. The predicted octanol–water partition coefficient (Wildman–Crippen LogP) is 4.24. The van der Waals surface area contributed by atoms with Crippen LogP contribution in [0.15, 0.2) is 60.8 Å². The Kier molecular flexibility index (Phi) is 5.61. The second-order valence-electron chi connectivity index (χ2n) is 10.1. The lowest BCUT2D eigenvalue weighted by Crippen LogP contribution is -2.36. The summed E-state index contributed by atoms with van der Waals surface area (Å²) in [5, 5.41) is 6.02. The molecule has 0 saturated carbocycles. The molecule has 0 radical (unpaired) electrons. The molecule has 6 heteroatoms. The van der Waals surface area contributed by atoms with Crippen molar-refractivity contribution >= 4 is 23.3 Å². The zero-order chi connectivity index (χ0) is 23.8. The molecule has 178 valence electrons. The van der Waals surface area contributed by atoms with Crippen LogP contribution in [0.3, 0.4) is 0 Å². The van der Waals surface area contributed by atoms with E-state index in [0.717, 1.165) is 41.8 Å². The maximum Gasteiger partial charge on any atom is 0.237 e. The minimum absolute atomic E-state index is 0.0161. The molecule has 1 atom stereocenters. The molecule has 3 aliphatic rings. The minimum Gasteiger partial charge on any atom is -0.326 e. The molecule has 1 fully saturated rings. The van der Waals surface area contributed by atoms with E-state index in [0.29, 0.717) is 25.1 Å². The topological polar surface area (TPSA) is 74.3 Å². The second kappa shape index (κ2) is 8.93. The Labute approximate surface area is 205 Å². The Bertz CT molecular complexity index is 1300. The van der Waals surface area contributed by atoms with E-state index in [1.54, 1.807) is 6.20 Å². The first-order valence-corrected chi connectivity index (χ1v) is 12.6. The van der Waals surface area contributed by atoms with Crippen LogP contribution in [0.4, 0.5) is 11.5 Å². The number of pyridine rings is 1. The number of hydrogen-bond donors (Lipinski definition) is 2. The molecule has 6 rings (SSSR count). The number of hydrogen-bond acceptors (Lipinski definition) is 4. The van der Waals surface area contributed by atoms with Crippen molar-refractivity contribution in [2.45, 2.75) is 50.5 Å². The van der Waals surface area contributed by atoms with Crippen LogP contribution in [0, 0.1) is 0 Å². The lowest BCUT2D eigenvalue weighted by molar-refractivity contribution is -0.120. The third kappa shape index (κ3) is 4.12. The molecule has 1 aliphatic carbocycles. The van der Waals surface area contributed by atoms with Gasteiger partial charge in [0, 0.05) is 30.4 Å². The summed E-state index contributed by atoms with van der Waals surface area (Å²) in [7, 11) is 0. The summed E-state index contributed by atoms with van der Waals surface area (Å²) < 4.78 is 0. The maximum atomic E-state index is 12.9. The third-order valence-electron chi connectivity index (χ3n) is 7.78. The summed E-state index contributed by atoms with van der Waals surface area (Å²) in [4.78, 5) is 32.4. The number of amides is 2. The van der Waals surface area contributed by atoms with Crippen molar-refractivity contribution < 1.29 is 9.59 Å². The molecule has 6 nitrogen and oxygen atoms in total. The molecule has 3 aromatic rings. The molecule has 3 heterocycles. The van der Waals surface area contributed by atoms with E-state index in [9.17, 15) is 9.59 Å². The van der Waals surface area contributed by atoms with Gasteiger partial charge in [0.2, 0.25) is 11.8 Å². The van der Waals surface area contributed by atoms with E-state index in [-0.39, 0.29) is 11.8 Å². The number of benzene rings is 2. The average Bonchev–Trinajstić information content (AvgIpc) is 3.34. The summed E-state index contributed by atoms with van der Waals surface area (Å²) >= 11 is 0. The lowest BCUT2D eigenvalue weighted by atomic mass is 9.79. The minimum atomic E-state index is -0.585. The fourth-order valence-corrected chi connectivity index (χ4v) is 5.74. The van der Waals surface area contributed by atoms with E-state index in [4.69, 9.17) is 0 Å². The van der Waals surface area contributed by atoms with Crippen LogP contribution in [0.2, 0.25) is 0 Å². The van der Waals surface area contributed by atoms with Gasteiger partial charge in [-0.1, -0.05) is 36.4 Å². The summed E-state index contributed by atoms with van der Waals surface area (Å²) in [5.74, 6) is 0.721. The van der Waals surface area contributed by atoms with Gasteiger partial charge in [-0.25, -0.2) is 4.98 Å². The Morgan fingerprint density at radius 3 is 2.69 bits per heavy atom. The van der Waals surface area contributed by atoms with Crippen LogP contribution < -0.4 is 10.6 Å². The van der Waals surface area contributed by atoms with E-state index in [1.807, 2.05) is 30.3 Å². The first-order valence-electron chi connectivity index (χ1n) is 12.6. The highest BCUT2D eigenvalue weighted by molar-refractivity contribution is 6.06. The molecule has 2 amide bonds. The standard InChI is InChI=1S/C29H30N4O2/c34-26(10-3-8-20-6-1-2-7-22(20)19-33-14-5-15-33)31-24-12-11-21-17-29(18-23(21)16-24)25-9-4-13-30-27(25)32-28(29)35/h1-2,4,6-7,9,11-13,16H,3,5,8,10,14-15,17-19H2,(H,31,34)(H,30,32,35). The van der Waals surface area contributed by atoms with Crippen molar-refractivity contribution in [3.05, 3.63) is 88.6 Å². The van der Waals surface area contributed by atoms with E-state index >= 15 is 0 Å². The fourth-order valence-electron chi connectivity index (χ4n) is 5.74. The summed E-state index contributed by atoms with van der Waals surface area (Å²) in [5.41, 5.74) is 6.20. The number of anilines is 2. The van der Waals surface area contributed by atoms with Gasteiger partial charge in [0.05, 0.1) is 5.41 Å². The number of nitrogens with one attached hydrogen (secondary N) is 2. The van der Waals surface area contributed by atoms with E-state index in [2.05, 4.69) is 44.8 Å². The van der Waals surface area contributed by atoms with Gasteiger partial charge in [-0.2, -0.15) is 0 Å². The molecule has 1 spiro atoms. The lowest BCUT2D eigenvalue weighted by Gasteiger charge is -2.31. The number of aryl methyl sites for hydroxylation is 1. The number of rotatable bonds is 7. The monoisotopic (exact) mass is 466 g/mol. The Hall–Kier alpha value is -3.51. The molecular weight excluding hydrogens is 436 g/mol. The first-order chi connectivity index (χ1) is 17.1. The summed E-state index contributed by atoms with van der Waals surface area (Å²) in [6.45, 7) is 3.39. The molecule has 1 unspecified atom stereocenters. The van der Waals surface area contributed by atoms with Crippen molar-refractivity contribution in [3.8, 4) is 0 Å². The van der Waals surface area contributed by atoms with Gasteiger partial charge < -0.3 is 10.6 Å². The largest absolute Gasteiger partial charge is 0.326 e. The SMILES string of the molecule is O=C(CCCc1ccccc1CN1CCC1)Nc1ccc2c(c1)CC1(C2)C(=O)Nc2ncccc21. The number of carbonyl (C=O) groups is 2. The van der Waals surface area contributed by atoms with Crippen molar-refractivity contribution in [1.29, 1.82) is 0 Å². The van der Waals surface area contributed by atoms with Crippen molar-refractivity contribution in [2.24, 2.45) is 0 Å². The molecule has 2 aromatic carbocycles. The van der Waals surface area contributed by atoms with Crippen LogP contribution in [0.25, 0.3) is 0 Å². The molecular formula is C29H30N4O2. The van der Waals surface area contributed by atoms with Gasteiger partial charge in [-0.3, -0.25) is 14.5 Å². The number of nitrogens with zero attached hydrogens (tertiary/aromatic N) is 2.